The number of carbonyl (C=O) groups is 1. The van der Waals surface area contributed by atoms with Crippen LogP contribution in [-0.4, -0.2) is 35.0 Å². The number of aryl methyl sites for hydroxylation is 2. The van der Waals surface area contributed by atoms with E-state index in [-0.39, 0.29) is 5.91 Å². The van der Waals surface area contributed by atoms with Gasteiger partial charge in [0.2, 0.25) is 5.91 Å². The van der Waals surface area contributed by atoms with Gasteiger partial charge in [-0.05, 0) is 13.8 Å². The van der Waals surface area contributed by atoms with Crippen LogP contribution in [0.3, 0.4) is 0 Å². The predicted molar refractivity (Wildman–Crippen MR) is 77.2 cm³/mol. The molecule has 1 unspecified atom stereocenters. The highest BCUT2D eigenvalue weighted by Crippen LogP contribution is 2.16. The van der Waals surface area contributed by atoms with Crippen LogP contribution >= 0.6 is 23.1 Å². The molecule has 100 valence electrons. The number of hydrogen-bond acceptors (Lipinski definition) is 5. The molecule has 0 aromatic carbocycles. The minimum atomic E-state index is 0.125. The zero-order valence-electron chi connectivity index (χ0n) is 10.8. The van der Waals surface area contributed by atoms with Crippen LogP contribution < -0.4 is 10.6 Å². The van der Waals surface area contributed by atoms with Crippen molar-refractivity contribution in [2.45, 2.75) is 32.9 Å². The van der Waals surface area contributed by atoms with Crippen LogP contribution in [-0.2, 0) is 11.3 Å². The van der Waals surface area contributed by atoms with Crippen LogP contribution in [0.25, 0.3) is 0 Å². The third kappa shape index (κ3) is 3.96. The van der Waals surface area contributed by atoms with Crippen molar-refractivity contribution >= 4 is 29.0 Å². The molecular formula is C12H19N3OS2. The van der Waals surface area contributed by atoms with Gasteiger partial charge in [-0.15, -0.1) is 11.3 Å². The SMILES string of the molecule is Cc1nc(C)c(CNC(=O)CC2CSCCN2)s1. The fraction of sp³-hybridized carbons (Fsp3) is 0.667. The molecule has 2 heterocycles. The molecule has 1 aromatic rings. The fourth-order valence-electron chi connectivity index (χ4n) is 1.96. The van der Waals surface area contributed by atoms with Crippen LogP contribution in [0.4, 0.5) is 0 Å². The van der Waals surface area contributed by atoms with Gasteiger partial charge in [0, 0.05) is 35.4 Å². The first-order valence-electron chi connectivity index (χ1n) is 6.16. The average molecular weight is 285 g/mol. The Morgan fingerprint density at radius 3 is 3.00 bits per heavy atom. The quantitative estimate of drug-likeness (QED) is 0.880. The van der Waals surface area contributed by atoms with Gasteiger partial charge in [0.15, 0.2) is 0 Å². The van der Waals surface area contributed by atoms with Crippen LogP contribution in [0.2, 0.25) is 0 Å². The molecule has 0 saturated carbocycles. The first-order chi connectivity index (χ1) is 8.65. The Bertz CT molecular complexity index is 413. The van der Waals surface area contributed by atoms with Gasteiger partial charge >= 0.3 is 0 Å². The van der Waals surface area contributed by atoms with Crippen molar-refractivity contribution in [2.75, 3.05) is 18.1 Å². The number of nitrogens with one attached hydrogen (secondary N) is 2. The summed E-state index contributed by atoms with van der Waals surface area (Å²) < 4.78 is 0. The summed E-state index contributed by atoms with van der Waals surface area (Å²) in [6, 6.07) is 0.327. The van der Waals surface area contributed by atoms with E-state index in [9.17, 15) is 4.79 Å². The zero-order chi connectivity index (χ0) is 13.0. The summed E-state index contributed by atoms with van der Waals surface area (Å²) in [6.45, 7) is 5.60. The lowest BCUT2D eigenvalue weighted by molar-refractivity contribution is -0.121. The third-order valence-corrected chi connectivity index (χ3v) is 5.08. The molecule has 1 saturated heterocycles. The van der Waals surface area contributed by atoms with Gasteiger partial charge < -0.3 is 10.6 Å². The van der Waals surface area contributed by atoms with Gasteiger partial charge in [-0.3, -0.25) is 4.79 Å². The molecule has 1 amide bonds. The van der Waals surface area contributed by atoms with Crippen LogP contribution in [0.1, 0.15) is 22.0 Å². The Hall–Kier alpha value is -0.590. The lowest BCUT2D eigenvalue weighted by atomic mass is 10.2. The molecule has 18 heavy (non-hydrogen) atoms. The fourth-order valence-corrected chi connectivity index (χ4v) is 3.79. The minimum absolute atomic E-state index is 0.125. The molecule has 0 bridgehead atoms. The second-order valence-corrected chi connectivity index (χ2v) is 6.89. The van der Waals surface area contributed by atoms with E-state index in [1.165, 1.54) is 0 Å². The summed E-state index contributed by atoms with van der Waals surface area (Å²) >= 11 is 3.57. The lowest BCUT2D eigenvalue weighted by Gasteiger charge is -2.22. The maximum Gasteiger partial charge on any atom is 0.221 e. The maximum atomic E-state index is 11.8. The van der Waals surface area contributed by atoms with Crippen molar-refractivity contribution in [3.8, 4) is 0 Å². The molecule has 1 atom stereocenters. The second kappa shape index (κ2) is 6.54. The van der Waals surface area contributed by atoms with E-state index < -0.39 is 0 Å². The smallest absolute Gasteiger partial charge is 0.221 e. The number of rotatable bonds is 4. The van der Waals surface area contributed by atoms with Crippen molar-refractivity contribution in [1.29, 1.82) is 0 Å². The van der Waals surface area contributed by atoms with E-state index in [4.69, 9.17) is 0 Å². The number of amides is 1. The molecule has 0 aliphatic carbocycles. The highest BCUT2D eigenvalue weighted by atomic mass is 32.2. The molecule has 1 aliphatic heterocycles. The average Bonchev–Trinajstić information content (AvgIpc) is 2.66. The normalized spacial score (nSPS) is 19.8. The Morgan fingerprint density at radius 2 is 2.39 bits per heavy atom. The summed E-state index contributed by atoms with van der Waals surface area (Å²) in [7, 11) is 0. The predicted octanol–water partition coefficient (Wildman–Crippen LogP) is 1.47. The van der Waals surface area contributed by atoms with Crippen molar-refractivity contribution < 1.29 is 4.79 Å². The number of carbonyl (C=O) groups excluding carboxylic acids is 1. The molecule has 1 aromatic heterocycles. The third-order valence-electron chi connectivity index (χ3n) is 2.88. The monoisotopic (exact) mass is 285 g/mol. The molecule has 0 radical (unpaired) electrons. The number of aromatic nitrogens is 1. The van der Waals surface area contributed by atoms with Crippen LogP contribution in [0.15, 0.2) is 0 Å². The van der Waals surface area contributed by atoms with Gasteiger partial charge in [-0.1, -0.05) is 0 Å². The number of thiazole rings is 1. The van der Waals surface area contributed by atoms with Crippen molar-refractivity contribution in [1.82, 2.24) is 15.6 Å². The van der Waals surface area contributed by atoms with Gasteiger partial charge in [-0.2, -0.15) is 11.8 Å². The Morgan fingerprint density at radius 1 is 1.56 bits per heavy atom. The Kier molecular flexibility index (Phi) is 5.03. The van der Waals surface area contributed by atoms with E-state index in [0.717, 1.165) is 33.6 Å². The van der Waals surface area contributed by atoms with Gasteiger partial charge in [0.05, 0.1) is 17.2 Å². The number of hydrogen-bond donors (Lipinski definition) is 2. The molecule has 4 nitrogen and oxygen atoms in total. The second-order valence-electron chi connectivity index (χ2n) is 4.45. The summed E-state index contributed by atoms with van der Waals surface area (Å²) in [5, 5.41) is 7.41. The summed E-state index contributed by atoms with van der Waals surface area (Å²) in [5.41, 5.74) is 1.03. The van der Waals surface area contributed by atoms with Gasteiger partial charge in [0.1, 0.15) is 0 Å². The molecular weight excluding hydrogens is 266 g/mol. The molecule has 1 fully saturated rings. The summed E-state index contributed by atoms with van der Waals surface area (Å²) in [4.78, 5) is 17.3. The molecule has 6 heteroatoms. The minimum Gasteiger partial charge on any atom is -0.351 e. The first kappa shape index (κ1) is 13.8. The maximum absolute atomic E-state index is 11.8. The topological polar surface area (TPSA) is 54.0 Å². The van der Waals surface area contributed by atoms with Gasteiger partial charge in [-0.25, -0.2) is 4.98 Å². The largest absolute Gasteiger partial charge is 0.351 e. The van der Waals surface area contributed by atoms with E-state index in [0.29, 0.717) is 19.0 Å². The zero-order valence-corrected chi connectivity index (χ0v) is 12.4. The molecule has 2 N–H and O–H groups in total. The Labute approximate surface area is 116 Å². The van der Waals surface area contributed by atoms with Crippen molar-refractivity contribution in [2.24, 2.45) is 0 Å². The number of thioether (sulfide) groups is 1. The summed E-state index contributed by atoms with van der Waals surface area (Å²) in [6.07, 6.45) is 0.573. The molecule has 0 spiro atoms. The highest BCUT2D eigenvalue weighted by molar-refractivity contribution is 7.99. The highest BCUT2D eigenvalue weighted by Gasteiger charge is 2.16. The molecule has 2 rings (SSSR count). The van der Waals surface area contributed by atoms with Crippen molar-refractivity contribution in [3.05, 3.63) is 15.6 Å². The van der Waals surface area contributed by atoms with E-state index in [1.807, 2.05) is 25.6 Å². The number of nitrogens with zero attached hydrogens (tertiary/aromatic N) is 1. The van der Waals surface area contributed by atoms with Crippen LogP contribution in [0.5, 0.6) is 0 Å². The molecule has 1 aliphatic rings. The van der Waals surface area contributed by atoms with Crippen molar-refractivity contribution in [3.63, 3.8) is 0 Å². The standard InChI is InChI=1S/C12H19N3OS2/c1-8-11(18-9(2)15-8)6-14-12(16)5-10-7-17-4-3-13-10/h10,13H,3-7H2,1-2H3,(H,14,16). The van der Waals surface area contributed by atoms with Gasteiger partial charge in [0.25, 0.3) is 0 Å². The summed E-state index contributed by atoms with van der Waals surface area (Å²) in [5.74, 6) is 2.31. The van der Waals surface area contributed by atoms with E-state index in [2.05, 4.69) is 15.6 Å². The van der Waals surface area contributed by atoms with Crippen LogP contribution in [0, 0.1) is 13.8 Å². The van der Waals surface area contributed by atoms with E-state index in [1.54, 1.807) is 11.3 Å². The van der Waals surface area contributed by atoms with E-state index >= 15 is 0 Å². The lowest BCUT2D eigenvalue weighted by Crippen LogP contribution is -2.41. The Balaban J connectivity index is 1.75. The first-order valence-corrected chi connectivity index (χ1v) is 8.13.